The third-order valence-electron chi connectivity index (χ3n) is 7.62. The van der Waals surface area contributed by atoms with Gasteiger partial charge in [0, 0.05) is 21.4 Å². The lowest BCUT2D eigenvalue weighted by molar-refractivity contribution is 0.973. The maximum atomic E-state index is 5.14. The van der Waals surface area contributed by atoms with Crippen LogP contribution in [0.3, 0.4) is 0 Å². The quantitative estimate of drug-likeness (QED) is 0.219. The Bertz CT molecular complexity index is 1910. The SMILES string of the molecule is C1=C(c2nc3ccccc3s2)c2c(c3sc4ccccc4c3n2B(c2ccccc2)c2ccccc2)CC1. The second kappa shape index (κ2) is 8.83. The summed E-state index contributed by atoms with van der Waals surface area (Å²) in [6.07, 6.45) is 4.51. The van der Waals surface area contributed by atoms with E-state index in [1.54, 1.807) is 11.3 Å². The van der Waals surface area contributed by atoms with E-state index >= 15 is 0 Å². The zero-order valence-corrected chi connectivity index (χ0v) is 22.3. The minimum Gasteiger partial charge on any atom is -0.374 e. The molecule has 0 aliphatic heterocycles. The predicted molar refractivity (Wildman–Crippen MR) is 166 cm³/mol. The fourth-order valence-electron chi connectivity index (χ4n) is 6.02. The standard InChI is InChI=1S/C33H23BN2S2/c1-3-12-22(13-4-1)34(23-14-5-2-6-15-23)36-30-25(32-31(36)24-16-7-9-20-28(24)37-32)17-11-18-26(30)33-35-27-19-8-10-21-29(27)38-33/h1-10,12-16,18-21H,11,17H2. The molecule has 0 amide bonds. The van der Waals surface area contributed by atoms with Gasteiger partial charge in [-0.25, -0.2) is 4.98 Å². The molecule has 3 aromatic heterocycles. The normalized spacial score (nSPS) is 13.2. The Morgan fingerprint density at radius 3 is 2.08 bits per heavy atom. The van der Waals surface area contributed by atoms with Gasteiger partial charge in [-0.2, -0.15) is 0 Å². The van der Waals surface area contributed by atoms with Gasteiger partial charge in [0.05, 0.1) is 20.4 Å². The second-order valence-electron chi connectivity index (χ2n) is 9.84. The van der Waals surface area contributed by atoms with Crippen molar-refractivity contribution >= 4 is 76.5 Å². The number of fused-ring (bicyclic) bond motifs is 6. The molecule has 0 bridgehead atoms. The van der Waals surface area contributed by atoms with Crippen molar-refractivity contribution in [2.24, 2.45) is 0 Å². The van der Waals surface area contributed by atoms with Gasteiger partial charge in [0.25, 0.3) is 0 Å². The molecule has 0 atom stereocenters. The van der Waals surface area contributed by atoms with Crippen molar-refractivity contribution in [1.82, 2.24) is 9.46 Å². The first kappa shape index (κ1) is 22.1. The number of hydrogen-bond acceptors (Lipinski definition) is 3. The van der Waals surface area contributed by atoms with Crippen LogP contribution in [0.4, 0.5) is 0 Å². The smallest absolute Gasteiger partial charge is 0.328 e. The Hall–Kier alpha value is -3.93. The predicted octanol–water partition coefficient (Wildman–Crippen LogP) is 7.50. The van der Waals surface area contributed by atoms with E-state index in [0.717, 1.165) is 23.4 Å². The van der Waals surface area contributed by atoms with E-state index in [-0.39, 0.29) is 6.85 Å². The van der Waals surface area contributed by atoms with Crippen LogP contribution in [0.5, 0.6) is 0 Å². The summed E-state index contributed by atoms with van der Waals surface area (Å²) < 4.78 is 6.66. The summed E-state index contributed by atoms with van der Waals surface area (Å²) in [5.41, 5.74) is 9.09. The molecule has 1 aliphatic carbocycles. The van der Waals surface area contributed by atoms with Crippen LogP contribution in [0.2, 0.25) is 0 Å². The summed E-state index contributed by atoms with van der Waals surface area (Å²) in [5, 5.41) is 2.45. The first-order chi connectivity index (χ1) is 18.9. The van der Waals surface area contributed by atoms with Crippen LogP contribution in [0.15, 0.2) is 115 Å². The fraction of sp³-hybridized carbons (Fsp3) is 0.0606. The first-order valence-corrected chi connectivity index (χ1v) is 14.7. The molecule has 0 fully saturated rings. The number of thiophene rings is 1. The summed E-state index contributed by atoms with van der Waals surface area (Å²) in [4.78, 5) is 5.14. The van der Waals surface area contributed by atoms with Crippen molar-refractivity contribution in [2.45, 2.75) is 12.8 Å². The van der Waals surface area contributed by atoms with Crippen molar-refractivity contribution in [3.63, 3.8) is 0 Å². The number of rotatable bonds is 4. The highest BCUT2D eigenvalue weighted by Crippen LogP contribution is 2.46. The largest absolute Gasteiger partial charge is 0.374 e. The van der Waals surface area contributed by atoms with E-state index in [1.807, 2.05) is 11.3 Å². The Kier molecular flexibility index (Phi) is 5.13. The Balaban J connectivity index is 1.50. The summed E-state index contributed by atoms with van der Waals surface area (Å²) in [6, 6.07) is 39.4. The fourth-order valence-corrected chi connectivity index (χ4v) is 8.29. The van der Waals surface area contributed by atoms with Crippen molar-refractivity contribution in [3.05, 3.63) is 132 Å². The molecule has 8 rings (SSSR count). The highest BCUT2D eigenvalue weighted by atomic mass is 32.1. The van der Waals surface area contributed by atoms with Gasteiger partial charge in [-0.15, -0.1) is 22.7 Å². The van der Waals surface area contributed by atoms with E-state index in [4.69, 9.17) is 4.98 Å². The zero-order chi connectivity index (χ0) is 25.1. The van der Waals surface area contributed by atoms with Crippen LogP contribution >= 0.6 is 22.7 Å². The van der Waals surface area contributed by atoms with Crippen molar-refractivity contribution in [1.29, 1.82) is 0 Å². The molecular formula is C33H23BN2S2. The second-order valence-corrected chi connectivity index (χ2v) is 11.9. The maximum absolute atomic E-state index is 5.14. The molecule has 0 spiro atoms. The molecule has 0 saturated carbocycles. The number of hydrogen-bond donors (Lipinski definition) is 0. The van der Waals surface area contributed by atoms with Crippen LogP contribution in [-0.2, 0) is 6.42 Å². The highest BCUT2D eigenvalue weighted by Gasteiger charge is 2.34. The molecule has 0 N–H and O–H groups in total. The number of aromatic nitrogens is 2. The molecule has 7 aromatic rings. The van der Waals surface area contributed by atoms with Crippen molar-refractivity contribution < 1.29 is 0 Å². The van der Waals surface area contributed by atoms with Gasteiger partial charge in [0.15, 0.2) is 0 Å². The van der Waals surface area contributed by atoms with Crippen molar-refractivity contribution in [3.8, 4) is 0 Å². The number of allylic oxidation sites excluding steroid dienone is 1. The number of nitrogens with zero attached hydrogens (tertiary/aromatic N) is 2. The van der Waals surface area contributed by atoms with Gasteiger partial charge in [-0.3, -0.25) is 0 Å². The van der Waals surface area contributed by atoms with E-state index < -0.39 is 0 Å². The van der Waals surface area contributed by atoms with Crippen molar-refractivity contribution in [2.75, 3.05) is 0 Å². The van der Waals surface area contributed by atoms with Crippen LogP contribution in [0.25, 0.3) is 36.1 Å². The van der Waals surface area contributed by atoms with E-state index in [2.05, 4.69) is 120 Å². The average Bonchev–Trinajstić information content (AvgIpc) is 3.66. The molecule has 5 heteroatoms. The van der Waals surface area contributed by atoms with Crippen LogP contribution < -0.4 is 10.9 Å². The summed E-state index contributed by atoms with van der Waals surface area (Å²) in [7, 11) is 0. The molecule has 0 saturated heterocycles. The Morgan fingerprint density at radius 1 is 0.684 bits per heavy atom. The molecular weight excluding hydrogens is 499 g/mol. The Labute approximate surface area is 229 Å². The van der Waals surface area contributed by atoms with Crippen LogP contribution in [0.1, 0.15) is 22.7 Å². The Morgan fingerprint density at radius 2 is 1.34 bits per heavy atom. The lowest BCUT2D eigenvalue weighted by Gasteiger charge is -2.24. The van der Waals surface area contributed by atoms with E-state index in [1.165, 1.54) is 52.8 Å². The van der Waals surface area contributed by atoms with Gasteiger partial charge in [0.2, 0.25) is 0 Å². The molecule has 38 heavy (non-hydrogen) atoms. The summed E-state index contributed by atoms with van der Waals surface area (Å²) >= 11 is 3.75. The molecule has 0 radical (unpaired) electrons. The molecule has 180 valence electrons. The minimum atomic E-state index is 0.0533. The summed E-state index contributed by atoms with van der Waals surface area (Å²) in [6.45, 7) is 0.0533. The zero-order valence-electron chi connectivity index (χ0n) is 20.7. The third-order valence-corrected chi connectivity index (χ3v) is 9.91. The molecule has 2 nitrogen and oxygen atoms in total. The monoisotopic (exact) mass is 522 g/mol. The van der Waals surface area contributed by atoms with Gasteiger partial charge >= 0.3 is 6.85 Å². The average molecular weight is 523 g/mol. The molecule has 1 aliphatic rings. The van der Waals surface area contributed by atoms with Gasteiger partial charge in [-0.05, 0) is 36.6 Å². The lowest BCUT2D eigenvalue weighted by Crippen LogP contribution is -2.49. The lowest BCUT2D eigenvalue weighted by atomic mass is 9.50. The van der Waals surface area contributed by atoms with Gasteiger partial charge in [-0.1, -0.05) is 108 Å². The number of benzene rings is 4. The molecule has 0 unspecified atom stereocenters. The van der Waals surface area contributed by atoms with Gasteiger partial charge in [0.1, 0.15) is 5.01 Å². The van der Waals surface area contributed by atoms with Gasteiger partial charge < -0.3 is 4.48 Å². The number of aryl methyl sites for hydroxylation is 1. The number of para-hydroxylation sites is 1. The minimum absolute atomic E-state index is 0.0533. The topological polar surface area (TPSA) is 17.8 Å². The molecule has 4 aromatic carbocycles. The van der Waals surface area contributed by atoms with Crippen LogP contribution in [-0.4, -0.2) is 16.3 Å². The van der Waals surface area contributed by atoms with E-state index in [0.29, 0.717) is 0 Å². The third kappa shape index (κ3) is 3.36. The first-order valence-electron chi connectivity index (χ1n) is 13.1. The summed E-state index contributed by atoms with van der Waals surface area (Å²) in [5.74, 6) is 0. The number of thiazole rings is 1. The highest BCUT2D eigenvalue weighted by molar-refractivity contribution is 7.26. The van der Waals surface area contributed by atoms with E-state index in [9.17, 15) is 0 Å². The maximum Gasteiger partial charge on any atom is 0.328 e. The molecule has 3 heterocycles. The van der Waals surface area contributed by atoms with Crippen LogP contribution in [0, 0.1) is 0 Å².